The maximum atomic E-state index is 11.1. The average molecular weight is 180 g/mol. The van der Waals surface area contributed by atoms with E-state index in [1.165, 1.54) is 4.68 Å². The minimum Gasteiger partial charge on any atom is -0.294 e. The van der Waals surface area contributed by atoms with Gasteiger partial charge >= 0.3 is 0 Å². The lowest BCUT2D eigenvalue weighted by Gasteiger charge is -1.89. The first kappa shape index (κ1) is 7.36. The lowest BCUT2D eigenvalue weighted by Crippen LogP contribution is -2.09. The van der Waals surface area contributed by atoms with Crippen molar-refractivity contribution in [2.24, 2.45) is 7.05 Å². The van der Waals surface area contributed by atoms with E-state index in [9.17, 15) is 4.79 Å². The molecule has 0 spiro atoms. The Morgan fingerprint density at radius 1 is 1.58 bits per heavy atom. The first-order chi connectivity index (χ1) is 5.77. The summed E-state index contributed by atoms with van der Waals surface area (Å²) in [6, 6.07) is 5.55. The third-order valence-corrected chi connectivity index (χ3v) is 2.58. The van der Waals surface area contributed by atoms with Gasteiger partial charge in [-0.1, -0.05) is 6.07 Å². The van der Waals surface area contributed by atoms with E-state index in [1.807, 2.05) is 17.5 Å². The smallest absolute Gasteiger partial charge is 0.266 e. The van der Waals surface area contributed by atoms with Gasteiger partial charge in [0.1, 0.15) is 0 Å². The summed E-state index contributed by atoms with van der Waals surface area (Å²) >= 11 is 1.61. The van der Waals surface area contributed by atoms with Crippen LogP contribution in [-0.2, 0) is 7.05 Å². The molecule has 2 aromatic heterocycles. The second-order valence-electron chi connectivity index (χ2n) is 2.54. The summed E-state index contributed by atoms with van der Waals surface area (Å²) in [7, 11) is 1.71. The Morgan fingerprint density at radius 2 is 2.42 bits per heavy atom. The van der Waals surface area contributed by atoms with Gasteiger partial charge in [-0.15, -0.1) is 11.3 Å². The van der Waals surface area contributed by atoms with Gasteiger partial charge in [-0.25, -0.2) is 0 Å². The molecule has 3 nitrogen and oxygen atoms in total. The number of aromatic nitrogens is 2. The van der Waals surface area contributed by atoms with Crippen LogP contribution in [0, 0.1) is 0 Å². The number of H-pyrrole nitrogens is 1. The number of hydrogen-bond donors (Lipinski definition) is 1. The molecule has 0 radical (unpaired) electrons. The van der Waals surface area contributed by atoms with Crippen LogP contribution in [0.1, 0.15) is 0 Å². The fraction of sp³-hybridized carbons (Fsp3) is 0.125. The van der Waals surface area contributed by atoms with Crippen molar-refractivity contribution in [1.29, 1.82) is 0 Å². The molecule has 2 heterocycles. The van der Waals surface area contributed by atoms with Crippen molar-refractivity contribution < 1.29 is 0 Å². The topological polar surface area (TPSA) is 37.8 Å². The Morgan fingerprint density at radius 3 is 2.92 bits per heavy atom. The van der Waals surface area contributed by atoms with Crippen molar-refractivity contribution in [2.75, 3.05) is 0 Å². The number of nitrogens with one attached hydrogen (secondary N) is 1. The molecule has 0 aliphatic rings. The molecular weight excluding hydrogens is 172 g/mol. The normalized spacial score (nSPS) is 10.4. The Kier molecular flexibility index (Phi) is 1.62. The molecule has 0 atom stereocenters. The lowest BCUT2D eigenvalue weighted by atomic mass is 10.3. The van der Waals surface area contributed by atoms with E-state index in [1.54, 1.807) is 24.5 Å². The van der Waals surface area contributed by atoms with Crippen molar-refractivity contribution in [3.63, 3.8) is 0 Å². The largest absolute Gasteiger partial charge is 0.294 e. The van der Waals surface area contributed by atoms with Gasteiger partial charge in [0.15, 0.2) is 0 Å². The molecule has 12 heavy (non-hydrogen) atoms. The molecule has 2 rings (SSSR count). The molecule has 0 aliphatic heterocycles. The van der Waals surface area contributed by atoms with Crippen molar-refractivity contribution >= 4 is 11.3 Å². The Balaban J connectivity index is 2.56. The molecule has 4 heteroatoms. The molecule has 0 saturated heterocycles. The molecule has 0 aromatic carbocycles. The molecule has 0 amide bonds. The summed E-state index contributed by atoms with van der Waals surface area (Å²) in [6.07, 6.45) is 0. The number of rotatable bonds is 1. The van der Waals surface area contributed by atoms with E-state index in [0.29, 0.717) is 0 Å². The number of thiophene rings is 1. The highest BCUT2D eigenvalue weighted by Gasteiger charge is 2.02. The van der Waals surface area contributed by atoms with Crippen LogP contribution in [0.5, 0.6) is 0 Å². The van der Waals surface area contributed by atoms with E-state index >= 15 is 0 Å². The first-order valence-corrected chi connectivity index (χ1v) is 4.45. The number of aromatic amines is 1. The van der Waals surface area contributed by atoms with E-state index < -0.39 is 0 Å². The third kappa shape index (κ3) is 1.10. The molecule has 2 aromatic rings. The molecule has 0 saturated carbocycles. The third-order valence-electron chi connectivity index (χ3n) is 1.67. The predicted molar refractivity (Wildman–Crippen MR) is 49.3 cm³/mol. The molecule has 0 aliphatic carbocycles. The molecule has 0 fully saturated rings. The summed E-state index contributed by atoms with van der Waals surface area (Å²) in [5.41, 5.74) is 0.885. The van der Waals surface area contributed by atoms with Crippen molar-refractivity contribution in [1.82, 2.24) is 9.78 Å². The van der Waals surface area contributed by atoms with E-state index in [4.69, 9.17) is 0 Å². The summed E-state index contributed by atoms with van der Waals surface area (Å²) in [6.45, 7) is 0. The van der Waals surface area contributed by atoms with Crippen LogP contribution in [0.25, 0.3) is 10.6 Å². The summed E-state index contributed by atoms with van der Waals surface area (Å²) in [5, 5.41) is 4.95. The van der Waals surface area contributed by atoms with E-state index in [-0.39, 0.29) is 5.56 Å². The summed E-state index contributed by atoms with van der Waals surface area (Å²) in [4.78, 5) is 12.2. The van der Waals surface area contributed by atoms with Crippen LogP contribution in [0.4, 0.5) is 0 Å². The Bertz CT molecular complexity index is 424. The van der Waals surface area contributed by atoms with Crippen LogP contribution in [0.2, 0.25) is 0 Å². The van der Waals surface area contributed by atoms with Crippen LogP contribution in [0.3, 0.4) is 0 Å². The lowest BCUT2D eigenvalue weighted by molar-refractivity contribution is 0.743. The van der Waals surface area contributed by atoms with Gasteiger partial charge in [0.05, 0.1) is 10.6 Å². The number of aryl methyl sites for hydroxylation is 1. The molecular formula is C8H8N2OS. The number of nitrogens with zero attached hydrogens (tertiary/aromatic N) is 1. The van der Waals surface area contributed by atoms with Crippen LogP contribution in [-0.4, -0.2) is 9.78 Å². The van der Waals surface area contributed by atoms with E-state index in [2.05, 4.69) is 5.10 Å². The summed E-state index contributed by atoms with van der Waals surface area (Å²) in [5.74, 6) is 0. The zero-order valence-corrected chi connectivity index (χ0v) is 7.39. The molecule has 0 unspecified atom stereocenters. The number of hydrogen-bond acceptors (Lipinski definition) is 2. The first-order valence-electron chi connectivity index (χ1n) is 3.57. The van der Waals surface area contributed by atoms with Crippen LogP contribution < -0.4 is 5.56 Å². The fourth-order valence-corrected chi connectivity index (χ4v) is 1.74. The standard InChI is InChI=1S/C8H8N2OS/c1-10-8(11)5-6(9-10)7-3-2-4-12-7/h2-5,9H,1H3. The molecule has 62 valence electrons. The van der Waals surface area contributed by atoms with Crippen molar-refractivity contribution in [3.8, 4) is 10.6 Å². The van der Waals surface area contributed by atoms with Gasteiger partial charge in [-0.3, -0.25) is 14.6 Å². The van der Waals surface area contributed by atoms with Gasteiger partial charge in [0, 0.05) is 13.1 Å². The SMILES string of the molecule is Cn1[nH]c(-c2cccs2)cc1=O. The van der Waals surface area contributed by atoms with Crippen LogP contribution in [0.15, 0.2) is 28.4 Å². The predicted octanol–water partition coefficient (Wildman–Crippen LogP) is 1.44. The van der Waals surface area contributed by atoms with Crippen molar-refractivity contribution in [2.45, 2.75) is 0 Å². The highest BCUT2D eigenvalue weighted by Crippen LogP contribution is 2.20. The summed E-state index contributed by atoms with van der Waals surface area (Å²) < 4.78 is 1.47. The second-order valence-corrected chi connectivity index (χ2v) is 3.49. The van der Waals surface area contributed by atoms with E-state index in [0.717, 1.165) is 10.6 Å². The zero-order chi connectivity index (χ0) is 8.55. The van der Waals surface area contributed by atoms with Crippen LogP contribution >= 0.6 is 11.3 Å². The maximum Gasteiger partial charge on any atom is 0.266 e. The van der Waals surface area contributed by atoms with Gasteiger partial charge in [-0.05, 0) is 11.4 Å². The fourth-order valence-electron chi connectivity index (χ4n) is 1.05. The second kappa shape index (κ2) is 2.64. The van der Waals surface area contributed by atoms with Gasteiger partial charge < -0.3 is 0 Å². The maximum absolute atomic E-state index is 11.1. The van der Waals surface area contributed by atoms with Gasteiger partial charge in [0.25, 0.3) is 5.56 Å². The Labute approximate surface area is 73.3 Å². The van der Waals surface area contributed by atoms with Crippen molar-refractivity contribution in [3.05, 3.63) is 33.9 Å². The monoisotopic (exact) mass is 180 g/mol. The quantitative estimate of drug-likeness (QED) is 0.708. The minimum absolute atomic E-state index is 0.00148. The van der Waals surface area contributed by atoms with Gasteiger partial charge in [-0.2, -0.15) is 0 Å². The molecule has 0 bridgehead atoms. The highest BCUT2D eigenvalue weighted by molar-refractivity contribution is 7.13. The zero-order valence-electron chi connectivity index (χ0n) is 6.57. The average Bonchev–Trinajstić information content (AvgIpc) is 2.61. The molecule has 1 N–H and O–H groups in total. The highest BCUT2D eigenvalue weighted by atomic mass is 32.1. The van der Waals surface area contributed by atoms with Gasteiger partial charge in [0.2, 0.25) is 0 Å². The minimum atomic E-state index is -0.00148. The Hall–Kier alpha value is -1.29.